The van der Waals surface area contributed by atoms with Crippen LogP contribution in [-0.2, 0) is 16.0 Å². The Morgan fingerprint density at radius 2 is 1.92 bits per heavy atom. The first-order valence-electron chi connectivity index (χ1n) is 7.08. The van der Waals surface area contributed by atoms with Crippen LogP contribution in [0.15, 0.2) is 36.4 Å². The van der Waals surface area contributed by atoms with Gasteiger partial charge in [-0.3, -0.25) is 9.59 Å². The second-order valence-electron chi connectivity index (χ2n) is 5.07. The van der Waals surface area contributed by atoms with E-state index >= 15 is 0 Å². The molecule has 2 aromatic rings. The van der Waals surface area contributed by atoms with E-state index < -0.39 is 5.82 Å². The molecule has 0 fully saturated rings. The van der Waals surface area contributed by atoms with Crippen molar-refractivity contribution in [1.29, 1.82) is 0 Å². The number of anilines is 2. The Kier molecular flexibility index (Phi) is 5.76. The van der Waals surface area contributed by atoms with Crippen LogP contribution in [0.2, 0.25) is 5.02 Å². The first-order valence-corrected chi connectivity index (χ1v) is 7.46. The monoisotopic (exact) mass is 350 g/mol. The molecule has 0 bridgehead atoms. The second-order valence-corrected chi connectivity index (χ2v) is 5.48. The van der Waals surface area contributed by atoms with Gasteiger partial charge in [-0.05, 0) is 35.9 Å². The van der Waals surface area contributed by atoms with Gasteiger partial charge in [0.25, 0.3) is 0 Å². The van der Waals surface area contributed by atoms with Gasteiger partial charge in [-0.1, -0.05) is 17.7 Å². The molecule has 0 spiro atoms. The molecule has 7 heteroatoms. The Morgan fingerprint density at radius 3 is 2.54 bits per heavy atom. The van der Waals surface area contributed by atoms with E-state index in [9.17, 15) is 14.0 Å². The zero-order chi connectivity index (χ0) is 17.7. The van der Waals surface area contributed by atoms with E-state index in [1.165, 1.54) is 26.2 Å². The Balaban J connectivity index is 2.07. The third-order valence-electron chi connectivity index (χ3n) is 3.14. The highest BCUT2D eigenvalue weighted by molar-refractivity contribution is 6.33. The average Bonchev–Trinajstić information content (AvgIpc) is 2.50. The number of amides is 2. The number of hydrogen-bond acceptors (Lipinski definition) is 3. The van der Waals surface area contributed by atoms with Crippen LogP contribution < -0.4 is 15.4 Å². The Labute approximate surface area is 143 Å². The summed E-state index contributed by atoms with van der Waals surface area (Å²) in [7, 11) is 1.37. The third kappa shape index (κ3) is 4.70. The van der Waals surface area contributed by atoms with Crippen molar-refractivity contribution in [2.45, 2.75) is 13.3 Å². The van der Waals surface area contributed by atoms with Crippen LogP contribution in [0.4, 0.5) is 15.8 Å². The number of halogens is 2. The van der Waals surface area contributed by atoms with Crippen LogP contribution in [0.25, 0.3) is 0 Å². The van der Waals surface area contributed by atoms with Crippen molar-refractivity contribution in [3.8, 4) is 5.75 Å². The summed E-state index contributed by atoms with van der Waals surface area (Å²) >= 11 is 5.97. The predicted molar refractivity (Wildman–Crippen MR) is 91.0 cm³/mol. The topological polar surface area (TPSA) is 67.4 Å². The predicted octanol–water partition coefficient (Wildman–Crippen LogP) is 3.63. The van der Waals surface area contributed by atoms with Gasteiger partial charge in [0.2, 0.25) is 11.8 Å². The average molecular weight is 351 g/mol. The molecule has 24 heavy (non-hydrogen) atoms. The van der Waals surface area contributed by atoms with Crippen LogP contribution in [0, 0.1) is 5.82 Å². The standard InChI is InChI=1S/C17H16ClFN2O3/c1-10(22)20-15-9-12(4-5-13(15)18)21-17(23)8-11-3-6-16(24-2)14(19)7-11/h3-7,9H,8H2,1-2H3,(H,20,22)(H,21,23). The fourth-order valence-corrected chi connectivity index (χ4v) is 2.26. The van der Waals surface area contributed by atoms with Gasteiger partial charge in [0.1, 0.15) is 0 Å². The van der Waals surface area contributed by atoms with E-state index in [0.29, 0.717) is 22.0 Å². The fourth-order valence-electron chi connectivity index (χ4n) is 2.10. The minimum Gasteiger partial charge on any atom is -0.494 e. The van der Waals surface area contributed by atoms with Crippen molar-refractivity contribution in [2.24, 2.45) is 0 Å². The van der Waals surface area contributed by atoms with Crippen LogP contribution in [0.3, 0.4) is 0 Å². The molecule has 0 unspecified atom stereocenters. The van der Waals surface area contributed by atoms with E-state index in [1.54, 1.807) is 24.3 Å². The molecular formula is C17H16ClFN2O3. The summed E-state index contributed by atoms with van der Waals surface area (Å²) in [6, 6.07) is 9.07. The molecule has 0 aliphatic carbocycles. The zero-order valence-electron chi connectivity index (χ0n) is 13.2. The maximum absolute atomic E-state index is 13.6. The SMILES string of the molecule is COc1ccc(CC(=O)Nc2ccc(Cl)c(NC(C)=O)c2)cc1F. The number of carbonyl (C=O) groups is 2. The van der Waals surface area contributed by atoms with Crippen molar-refractivity contribution < 1.29 is 18.7 Å². The molecule has 0 saturated heterocycles. The normalized spacial score (nSPS) is 10.2. The largest absolute Gasteiger partial charge is 0.494 e. The van der Waals surface area contributed by atoms with Gasteiger partial charge in [-0.25, -0.2) is 4.39 Å². The molecule has 2 aromatic carbocycles. The Morgan fingerprint density at radius 1 is 1.17 bits per heavy atom. The van der Waals surface area contributed by atoms with Gasteiger partial charge in [0.05, 0.1) is 24.2 Å². The highest BCUT2D eigenvalue weighted by Crippen LogP contribution is 2.25. The summed E-state index contributed by atoms with van der Waals surface area (Å²) in [4.78, 5) is 23.2. The van der Waals surface area contributed by atoms with Crippen LogP contribution in [0.5, 0.6) is 5.75 Å². The van der Waals surface area contributed by atoms with Gasteiger partial charge in [0.15, 0.2) is 11.6 Å². The molecule has 2 N–H and O–H groups in total. The number of benzene rings is 2. The molecule has 2 amide bonds. The summed E-state index contributed by atoms with van der Waals surface area (Å²) < 4.78 is 18.5. The number of carbonyl (C=O) groups excluding carboxylic acids is 2. The third-order valence-corrected chi connectivity index (χ3v) is 3.47. The quantitative estimate of drug-likeness (QED) is 0.865. The summed E-state index contributed by atoms with van der Waals surface area (Å²) in [6.45, 7) is 1.36. The number of nitrogens with one attached hydrogen (secondary N) is 2. The van der Waals surface area contributed by atoms with Crippen LogP contribution in [-0.4, -0.2) is 18.9 Å². The number of rotatable bonds is 5. The summed E-state index contributed by atoms with van der Waals surface area (Å²) in [6.07, 6.45) is -0.000981. The molecular weight excluding hydrogens is 335 g/mol. The highest BCUT2D eigenvalue weighted by Gasteiger charge is 2.10. The van der Waals surface area contributed by atoms with Gasteiger partial charge in [-0.2, -0.15) is 0 Å². The summed E-state index contributed by atoms with van der Waals surface area (Å²) in [5.41, 5.74) is 1.39. The van der Waals surface area contributed by atoms with E-state index in [-0.39, 0.29) is 24.0 Å². The Bertz CT molecular complexity index is 780. The van der Waals surface area contributed by atoms with Crippen molar-refractivity contribution in [1.82, 2.24) is 0 Å². The lowest BCUT2D eigenvalue weighted by Gasteiger charge is -2.10. The molecule has 0 aromatic heterocycles. The van der Waals surface area contributed by atoms with E-state index in [4.69, 9.17) is 16.3 Å². The molecule has 0 heterocycles. The highest BCUT2D eigenvalue weighted by atomic mass is 35.5. The minimum absolute atomic E-state index is 0.000981. The van der Waals surface area contributed by atoms with Gasteiger partial charge >= 0.3 is 0 Å². The minimum atomic E-state index is -0.526. The summed E-state index contributed by atoms with van der Waals surface area (Å²) in [5.74, 6) is -0.996. The molecule has 5 nitrogen and oxygen atoms in total. The molecule has 126 valence electrons. The molecule has 0 saturated carbocycles. The molecule has 0 radical (unpaired) electrons. The van der Waals surface area contributed by atoms with Crippen LogP contribution >= 0.6 is 11.6 Å². The summed E-state index contributed by atoms with van der Waals surface area (Å²) in [5, 5.41) is 5.61. The first kappa shape index (κ1) is 17.7. The number of ether oxygens (including phenoxy) is 1. The van der Waals surface area contributed by atoms with Gasteiger partial charge < -0.3 is 15.4 Å². The second kappa shape index (κ2) is 7.79. The lowest BCUT2D eigenvalue weighted by atomic mass is 10.1. The van der Waals surface area contributed by atoms with E-state index in [1.807, 2.05) is 0 Å². The molecule has 0 atom stereocenters. The van der Waals surface area contributed by atoms with E-state index in [0.717, 1.165) is 0 Å². The van der Waals surface area contributed by atoms with E-state index in [2.05, 4.69) is 10.6 Å². The van der Waals surface area contributed by atoms with Crippen molar-refractivity contribution >= 4 is 34.8 Å². The number of methoxy groups -OCH3 is 1. The lowest BCUT2D eigenvalue weighted by molar-refractivity contribution is -0.115. The zero-order valence-corrected chi connectivity index (χ0v) is 13.9. The number of hydrogen-bond donors (Lipinski definition) is 2. The lowest BCUT2D eigenvalue weighted by Crippen LogP contribution is -2.15. The van der Waals surface area contributed by atoms with Crippen molar-refractivity contribution in [2.75, 3.05) is 17.7 Å². The molecule has 0 aliphatic heterocycles. The van der Waals surface area contributed by atoms with Gasteiger partial charge in [0, 0.05) is 12.6 Å². The Hall–Kier alpha value is -2.60. The van der Waals surface area contributed by atoms with Crippen molar-refractivity contribution in [3.05, 3.63) is 52.8 Å². The maximum atomic E-state index is 13.6. The maximum Gasteiger partial charge on any atom is 0.228 e. The fraction of sp³-hybridized carbons (Fsp3) is 0.176. The van der Waals surface area contributed by atoms with Crippen molar-refractivity contribution in [3.63, 3.8) is 0 Å². The molecule has 0 aliphatic rings. The molecule has 2 rings (SSSR count). The van der Waals surface area contributed by atoms with Crippen LogP contribution in [0.1, 0.15) is 12.5 Å². The van der Waals surface area contributed by atoms with Gasteiger partial charge in [-0.15, -0.1) is 0 Å². The first-order chi connectivity index (χ1) is 11.4. The smallest absolute Gasteiger partial charge is 0.228 e.